The predicted molar refractivity (Wildman–Crippen MR) is 89.5 cm³/mol. The van der Waals surface area contributed by atoms with Crippen LogP contribution in [-0.4, -0.2) is 36.0 Å². The summed E-state index contributed by atoms with van der Waals surface area (Å²) in [6.45, 7) is 12.2. The molecule has 0 aromatic carbocycles. The van der Waals surface area contributed by atoms with Crippen LogP contribution < -0.4 is 5.32 Å². The second-order valence-corrected chi connectivity index (χ2v) is 7.46. The fourth-order valence-electron chi connectivity index (χ4n) is 3.51. The van der Waals surface area contributed by atoms with Crippen LogP contribution in [-0.2, 0) is 4.74 Å². The number of aliphatic hydroxyl groups is 1. The van der Waals surface area contributed by atoms with E-state index in [9.17, 15) is 5.11 Å². The molecule has 4 unspecified atom stereocenters. The number of ether oxygens (including phenoxy) is 1. The fourth-order valence-corrected chi connectivity index (χ4v) is 3.51. The lowest BCUT2D eigenvalue weighted by Crippen LogP contribution is -2.51. The Hall–Kier alpha value is -0.120. The van der Waals surface area contributed by atoms with Gasteiger partial charge in [0.2, 0.25) is 0 Å². The van der Waals surface area contributed by atoms with E-state index in [4.69, 9.17) is 4.74 Å². The first kappa shape index (κ1) is 18.9. The lowest BCUT2D eigenvalue weighted by molar-refractivity contribution is -0.00285. The van der Waals surface area contributed by atoms with Gasteiger partial charge >= 0.3 is 0 Å². The summed E-state index contributed by atoms with van der Waals surface area (Å²) >= 11 is 0. The first-order chi connectivity index (χ1) is 9.92. The van der Waals surface area contributed by atoms with Crippen molar-refractivity contribution >= 4 is 0 Å². The molecule has 1 saturated carbocycles. The summed E-state index contributed by atoms with van der Waals surface area (Å²) in [6.07, 6.45) is 7.15. The summed E-state index contributed by atoms with van der Waals surface area (Å²) in [4.78, 5) is 0. The summed E-state index contributed by atoms with van der Waals surface area (Å²) in [7, 11) is 0. The molecule has 2 N–H and O–H groups in total. The standard InChI is InChI=1S/C18H37NO2/c1-6-18(13-20,19-14(2)3)10-7-11-21-17-9-8-15(4)16(5)12-17/h14-17,19-20H,6-13H2,1-5H3. The van der Waals surface area contributed by atoms with E-state index >= 15 is 0 Å². The minimum atomic E-state index is -0.133. The van der Waals surface area contributed by atoms with Gasteiger partial charge in [-0.1, -0.05) is 34.6 Å². The second-order valence-electron chi connectivity index (χ2n) is 7.46. The van der Waals surface area contributed by atoms with E-state index in [2.05, 4.69) is 39.9 Å². The minimum absolute atomic E-state index is 0.133. The van der Waals surface area contributed by atoms with Gasteiger partial charge in [-0.25, -0.2) is 0 Å². The molecule has 0 bridgehead atoms. The van der Waals surface area contributed by atoms with Gasteiger partial charge in [-0.15, -0.1) is 0 Å². The summed E-state index contributed by atoms with van der Waals surface area (Å²) in [5.41, 5.74) is -0.133. The lowest BCUT2D eigenvalue weighted by Gasteiger charge is -2.35. The van der Waals surface area contributed by atoms with Gasteiger partial charge in [0.05, 0.1) is 12.7 Å². The molecule has 0 radical (unpaired) electrons. The smallest absolute Gasteiger partial charge is 0.0613 e. The third kappa shape index (κ3) is 6.25. The molecule has 1 rings (SSSR count). The maximum Gasteiger partial charge on any atom is 0.0613 e. The number of hydrogen-bond donors (Lipinski definition) is 2. The number of rotatable bonds is 9. The highest BCUT2D eigenvalue weighted by Crippen LogP contribution is 2.31. The van der Waals surface area contributed by atoms with Crippen molar-refractivity contribution in [2.24, 2.45) is 11.8 Å². The SMILES string of the molecule is CCC(CO)(CCCOC1CCC(C)C(C)C1)NC(C)C. The normalized spacial score (nSPS) is 29.6. The van der Waals surface area contributed by atoms with Crippen LogP contribution in [0.1, 0.15) is 73.1 Å². The van der Waals surface area contributed by atoms with Crippen LogP contribution in [0.15, 0.2) is 0 Å². The topological polar surface area (TPSA) is 41.5 Å². The van der Waals surface area contributed by atoms with Crippen LogP contribution in [0.25, 0.3) is 0 Å². The van der Waals surface area contributed by atoms with Crippen molar-refractivity contribution in [3.8, 4) is 0 Å². The van der Waals surface area contributed by atoms with E-state index in [1.54, 1.807) is 0 Å². The Bertz CT molecular complexity index is 276. The third-order valence-corrected chi connectivity index (χ3v) is 5.28. The summed E-state index contributed by atoms with van der Waals surface area (Å²) in [6, 6.07) is 0.402. The molecule has 3 heteroatoms. The van der Waals surface area contributed by atoms with E-state index in [1.165, 1.54) is 19.3 Å². The average Bonchev–Trinajstić information content (AvgIpc) is 2.45. The Balaban J connectivity index is 2.28. The lowest BCUT2D eigenvalue weighted by atomic mass is 9.80. The van der Waals surface area contributed by atoms with Crippen molar-refractivity contribution < 1.29 is 9.84 Å². The van der Waals surface area contributed by atoms with Crippen LogP contribution >= 0.6 is 0 Å². The highest BCUT2D eigenvalue weighted by Gasteiger charge is 2.28. The van der Waals surface area contributed by atoms with Gasteiger partial charge in [-0.05, 0) is 50.4 Å². The quantitative estimate of drug-likeness (QED) is 0.637. The number of hydrogen-bond acceptors (Lipinski definition) is 3. The van der Waals surface area contributed by atoms with E-state index in [1.807, 2.05) is 0 Å². The molecule has 0 saturated heterocycles. The second kappa shape index (κ2) is 9.12. The van der Waals surface area contributed by atoms with Gasteiger partial charge in [0.25, 0.3) is 0 Å². The summed E-state index contributed by atoms with van der Waals surface area (Å²) < 4.78 is 6.08. The Morgan fingerprint density at radius 3 is 2.48 bits per heavy atom. The number of nitrogens with one attached hydrogen (secondary N) is 1. The van der Waals surface area contributed by atoms with Crippen molar-refractivity contribution in [2.45, 2.75) is 90.8 Å². The fraction of sp³-hybridized carbons (Fsp3) is 1.00. The van der Waals surface area contributed by atoms with Crippen LogP contribution in [0.4, 0.5) is 0 Å². The third-order valence-electron chi connectivity index (χ3n) is 5.28. The highest BCUT2D eigenvalue weighted by molar-refractivity contribution is 4.87. The molecule has 0 aromatic heterocycles. The van der Waals surface area contributed by atoms with Crippen LogP contribution in [0.2, 0.25) is 0 Å². The monoisotopic (exact) mass is 299 g/mol. The van der Waals surface area contributed by atoms with E-state index < -0.39 is 0 Å². The Kier molecular flexibility index (Phi) is 8.22. The maximum absolute atomic E-state index is 9.73. The number of aliphatic hydroxyl groups excluding tert-OH is 1. The Morgan fingerprint density at radius 2 is 1.95 bits per heavy atom. The van der Waals surface area contributed by atoms with Crippen molar-refractivity contribution in [2.75, 3.05) is 13.2 Å². The van der Waals surface area contributed by atoms with Gasteiger partial charge in [-0.3, -0.25) is 0 Å². The molecule has 3 nitrogen and oxygen atoms in total. The van der Waals surface area contributed by atoms with Crippen molar-refractivity contribution in [1.29, 1.82) is 0 Å². The van der Waals surface area contributed by atoms with Crippen molar-refractivity contribution in [3.05, 3.63) is 0 Å². The molecule has 1 fully saturated rings. The molecule has 21 heavy (non-hydrogen) atoms. The van der Waals surface area contributed by atoms with Crippen LogP contribution in [0, 0.1) is 11.8 Å². The molecule has 0 spiro atoms. The molecule has 0 aliphatic heterocycles. The van der Waals surface area contributed by atoms with Crippen LogP contribution in [0.3, 0.4) is 0 Å². The Morgan fingerprint density at radius 1 is 1.24 bits per heavy atom. The molecule has 0 heterocycles. The zero-order chi connectivity index (χ0) is 15.9. The molecule has 1 aliphatic carbocycles. The molecule has 0 aromatic rings. The minimum Gasteiger partial charge on any atom is -0.394 e. The summed E-state index contributed by atoms with van der Waals surface area (Å²) in [5.74, 6) is 1.64. The van der Waals surface area contributed by atoms with E-state index in [-0.39, 0.29) is 12.1 Å². The van der Waals surface area contributed by atoms with E-state index in [0.717, 1.165) is 37.7 Å². The molecule has 1 aliphatic rings. The van der Waals surface area contributed by atoms with Gasteiger partial charge in [0.1, 0.15) is 0 Å². The molecular formula is C18H37NO2. The van der Waals surface area contributed by atoms with Crippen molar-refractivity contribution in [1.82, 2.24) is 5.32 Å². The predicted octanol–water partition coefficient (Wildman–Crippen LogP) is 3.75. The molecular weight excluding hydrogens is 262 g/mol. The van der Waals surface area contributed by atoms with Gasteiger partial charge < -0.3 is 15.2 Å². The van der Waals surface area contributed by atoms with E-state index in [0.29, 0.717) is 12.1 Å². The Labute approximate surface area is 131 Å². The highest BCUT2D eigenvalue weighted by atomic mass is 16.5. The van der Waals surface area contributed by atoms with Crippen LogP contribution in [0.5, 0.6) is 0 Å². The van der Waals surface area contributed by atoms with Crippen molar-refractivity contribution in [3.63, 3.8) is 0 Å². The summed E-state index contributed by atoms with van der Waals surface area (Å²) in [5, 5.41) is 13.3. The van der Waals surface area contributed by atoms with Gasteiger partial charge in [0, 0.05) is 18.2 Å². The molecule has 126 valence electrons. The zero-order valence-corrected chi connectivity index (χ0v) is 14.8. The largest absolute Gasteiger partial charge is 0.394 e. The zero-order valence-electron chi connectivity index (χ0n) is 14.8. The first-order valence-electron chi connectivity index (χ1n) is 8.92. The average molecular weight is 299 g/mol. The molecule has 0 amide bonds. The maximum atomic E-state index is 9.73. The van der Waals surface area contributed by atoms with Gasteiger partial charge in [0.15, 0.2) is 0 Å². The molecule has 4 atom stereocenters. The first-order valence-corrected chi connectivity index (χ1v) is 8.92. The van der Waals surface area contributed by atoms with Gasteiger partial charge in [-0.2, -0.15) is 0 Å².